The fourth-order valence-corrected chi connectivity index (χ4v) is 3.01. The molecular weight excluding hydrogens is 270 g/mol. The minimum atomic E-state index is -1.03. The number of aromatic carboxylic acids is 1. The highest BCUT2D eigenvalue weighted by atomic mass is 16.4. The molecule has 0 bridgehead atoms. The van der Waals surface area contributed by atoms with Crippen molar-refractivity contribution in [2.24, 2.45) is 0 Å². The molecule has 6 nitrogen and oxygen atoms in total. The molecule has 6 heteroatoms. The van der Waals surface area contributed by atoms with Gasteiger partial charge in [0.2, 0.25) is 0 Å². The number of aromatic amines is 1. The van der Waals surface area contributed by atoms with Crippen LogP contribution in [0.5, 0.6) is 0 Å². The Morgan fingerprint density at radius 3 is 2.14 bits per heavy atom. The first kappa shape index (κ1) is 15.6. The zero-order valence-corrected chi connectivity index (χ0v) is 13.2. The van der Waals surface area contributed by atoms with Crippen molar-refractivity contribution in [1.82, 2.24) is 14.8 Å². The summed E-state index contributed by atoms with van der Waals surface area (Å²) in [6.07, 6.45) is 0. The summed E-state index contributed by atoms with van der Waals surface area (Å²) in [5.41, 5.74) is 1.74. The summed E-state index contributed by atoms with van der Waals surface area (Å²) in [4.78, 5) is 30.8. The van der Waals surface area contributed by atoms with Crippen LogP contribution < -0.4 is 0 Å². The number of carbonyl (C=O) groups excluding carboxylic acids is 1. The number of hydrogen-bond donors (Lipinski definition) is 2. The number of H-pyrrole nitrogens is 1. The van der Waals surface area contributed by atoms with E-state index in [4.69, 9.17) is 5.11 Å². The second-order valence-electron chi connectivity index (χ2n) is 6.00. The predicted molar refractivity (Wildman–Crippen MR) is 79.8 cm³/mol. The molecule has 0 aliphatic carbocycles. The van der Waals surface area contributed by atoms with Crippen molar-refractivity contribution in [1.29, 1.82) is 0 Å². The largest absolute Gasteiger partial charge is 0.477 e. The van der Waals surface area contributed by atoms with Crippen molar-refractivity contribution < 1.29 is 14.7 Å². The number of carbonyl (C=O) groups is 2. The van der Waals surface area contributed by atoms with E-state index < -0.39 is 5.97 Å². The van der Waals surface area contributed by atoms with Crippen molar-refractivity contribution >= 4 is 11.9 Å². The molecule has 0 saturated carbocycles. The minimum absolute atomic E-state index is 0.0828. The number of carboxylic acids is 1. The van der Waals surface area contributed by atoms with E-state index in [0.717, 1.165) is 0 Å². The molecule has 1 aliphatic rings. The first-order chi connectivity index (χ1) is 9.73. The first-order valence-corrected chi connectivity index (χ1v) is 7.17. The van der Waals surface area contributed by atoms with E-state index in [1.54, 1.807) is 13.8 Å². The van der Waals surface area contributed by atoms with Gasteiger partial charge in [-0.15, -0.1) is 0 Å². The molecule has 2 heterocycles. The van der Waals surface area contributed by atoms with Crippen LogP contribution in [0.1, 0.15) is 46.0 Å². The van der Waals surface area contributed by atoms with Gasteiger partial charge in [0.15, 0.2) is 0 Å². The van der Waals surface area contributed by atoms with Crippen LogP contribution in [0.4, 0.5) is 0 Å². The third-order valence-corrected chi connectivity index (χ3v) is 4.51. The van der Waals surface area contributed by atoms with Gasteiger partial charge in [0, 0.05) is 30.9 Å². The Hall–Kier alpha value is -1.82. The average molecular weight is 293 g/mol. The monoisotopic (exact) mass is 293 g/mol. The van der Waals surface area contributed by atoms with Gasteiger partial charge in [-0.1, -0.05) is 0 Å². The molecule has 1 amide bonds. The number of aromatic nitrogens is 1. The van der Waals surface area contributed by atoms with Gasteiger partial charge in [0.05, 0.1) is 5.56 Å². The van der Waals surface area contributed by atoms with Gasteiger partial charge in [0.25, 0.3) is 5.91 Å². The van der Waals surface area contributed by atoms with E-state index in [1.165, 1.54) is 0 Å². The SMILES string of the molecule is Cc1[nH]c(C(=O)O)c(C)c1C(=O)N1CC(C)N(C)C(C)C1. The highest BCUT2D eigenvalue weighted by molar-refractivity contribution is 6.00. The summed E-state index contributed by atoms with van der Waals surface area (Å²) in [7, 11) is 2.06. The molecule has 1 aliphatic heterocycles. The first-order valence-electron chi connectivity index (χ1n) is 7.17. The van der Waals surface area contributed by atoms with Gasteiger partial charge in [-0.2, -0.15) is 0 Å². The molecule has 2 N–H and O–H groups in total. The van der Waals surface area contributed by atoms with Crippen LogP contribution in [0.25, 0.3) is 0 Å². The molecule has 2 unspecified atom stereocenters. The quantitative estimate of drug-likeness (QED) is 0.866. The van der Waals surface area contributed by atoms with Crippen LogP contribution in [0.15, 0.2) is 0 Å². The molecule has 0 spiro atoms. The fourth-order valence-electron chi connectivity index (χ4n) is 3.01. The maximum Gasteiger partial charge on any atom is 0.352 e. The van der Waals surface area contributed by atoms with Gasteiger partial charge in [-0.25, -0.2) is 4.79 Å². The molecule has 0 radical (unpaired) electrons. The maximum absolute atomic E-state index is 12.8. The molecule has 1 aromatic heterocycles. The molecule has 116 valence electrons. The van der Waals surface area contributed by atoms with Crippen molar-refractivity contribution in [2.75, 3.05) is 20.1 Å². The highest BCUT2D eigenvalue weighted by Gasteiger charge is 2.32. The van der Waals surface area contributed by atoms with Gasteiger partial charge in [-0.3, -0.25) is 9.69 Å². The highest BCUT2D eigenvalue weighted by Crippen LogP contribution is 2.22. The standard InChI is InChI=1S/C15H23N3O3/c1-8-6-18(7-9(2)17(8)5)14(19)12-10(3)13(15(20)21)16-11(12)4/h8-9,16H,6-7H2,1-5H3,(H,20,21). The summed E-state index contributed by atoms with van der Waals surface area (Å²) in [5, 5.41) is 9.15. The van der Waals surface area contributed by atoms with Crippen LogP contribution >= 0.6 is 0 Å². The third kappa shape index (κ3) is 2.68. The number of amides is 1. The van der Waals surface area contributed by atoms with Gasteiger partial charge < -0.3 is 15.0 Å². The second-order valence-corrected chi connectivity index (χ2v) is 6.00. The summed E-state index contributed by atoms with van der Waals surface area (Å²) in [5.74, 6) is -1.12. The average Bonchev–Trinajstić information content (AvgIpc) is 2.70. The Morgan fingerprint density at radius 1 is 1.19 bits per heavy atom. The third-order valence-electron chi connectivity index (χ3n) is 4.51. The minimum Gasteiger partial charge on any atom is -0.477 e. The lowest BCUT2D eigenvalue weighted by Gasteiger charge is -2.42. The summed E-state index contributed by atoms with van der Waals surface area (Å²) in [6, 6.07) is 0.576. The number of aryl methyl sites for hydroxylation is 1. The summed E-state index contributed by atoms with van der Waals surface area (Å²) in [6.45, 7) is 8.93. The van der Waals surface area contributed by atoms with Crippen LogP contribution in [0, 0.1) is 13.8 Å². The molecule has 2 atom stereocenters. The zero-order valence-electron chi connectivity index (χ0n) is 13.2. The maximum atomic E-state index is 12.8. The lowest BCUT2D eigenvalue weighted by molar-refractivity contribution is 0.0413. The Morgan fingerprint density at radius 2 is 1.71 bits per heavy atom. The number of rotatable bonds is 2. The van der Waals surface area contributed by atoms with Crippen molar-refractivity contribution in [3.05, 3.63) is 22.5 Å². The lowest BCUT2D eigenvalue weighted by atomic mass is 10.0. The Bertz CT molecular complexity index is 567. The Kier molecular flexibility index (Phi) is 4.09. The van der Waals surface area contributed by atoms with E-state index >= 15 is 0 Å². The normalized spacial score (nSPS) is 23.4. The van der Waals surface area contributed by atoms with Crippen molar-refractivity contribution in [3.63, 3.8) is 0 Å². The molecule has 1 fully saturated rings. The lowest BCUT2D eigenvalue weighted by Crippen LogP contribution is -2.56. The van der Waals surface area contributed by atoms with E-state index in [1.807, 2.05) is 4.90 Å². The van der Waals surface area contributed by atoms with E-state index in [2.05, 4.69) is 30.8 Å². The van der Waals surface area contributed by atoms with Crippen LogP contribution in [-0.2, 0) is 0 Å². The number of hydrogen-bond acceptors (Lipinski definition) is 3. The zero-order chi connectivity index (χ0) is 15.9. The number of nitrogens with one attached hydrogen (secondary N) is 1. The molecule has 1 saturated heterocycles. The number of piperazine rings is 1. The van der Waals surface area contributed by atoms with Crippen molar-refractivity contribution in [3.8, 4) is 0 Å². The molecule has 1 aromatic rings. The van der Waals surface area contributed by atoms with Crippen LogP contribution in [0.3, 0.4) is 0 Å². The van der Waals surface area contributed by atoms with Crippen LogP contribution in [-0.4, -0.2) is 64.0 Å². The summed E-state index contributed by atoms with van der Waals surface area (Å²) >= 11 is 0. The predicted octanol–water partition coefficient (Wildman–Crippen LogP) is 1.49. The van der Waals surface area contributed by atoms with E-state index in [-0.39, 0.29) is 23.7 Å². The summed E-state index contributed by atoms with van der Waals surface area (Å²) < 4.78 is 0. The van der Waals surface area contributed by atoms with E-state index in [9.17, 15) is 9.59 Å². The molecule has 0 aromatic carbocycles. The smallest absolute Gasteiger partial charge is 0.352 e. The van der Waals surface area contributed by atoms with Gasteiger partial charge in [-0.05, 0) is 40.3 Å². The fraction of sp³-hybridized carbons (Fsp3) is 0.600. The topological polar surface area (TPSA) is 76.6 Å². The van der Waals surface area contributed by atoms with Crippen LogP contribution in [0.2, 0.25) is 0 Å². The van der Waals surface area contributed by atoms with Gasteiger partial charge in [0.1, 0.15) is 5.69 Å². The molecule has 21 heavy (non-hydrogen) atoms. The Balaban J connectivity index is 2.31. The molecular formula is C15H23N3O3. The van der Waals surface area contributed by atoms with Crippen molar-refractivity contribution in [2.45, 2.75) is 39.8 Å². The number of carboxylic acid groups (broad SMARTS) is 1. The van der Waals surface area contributed by atoms with Gasteiger partial charge >= 0.3 is 5.97 Å². The molecule has 2 rings (SSSR count). The number of nitrogens with zero attached hydrogens (tertiary/aromatic N) is 2. The van der Waals surface area contributed by atoms with E-state index in [0.29, 0.717) is 29.9 Å². The number of likely N-dealkylation sites (N-methyl/N-ethyl adjacent to an activating group) is 1. The second kappa shape index (κ2) is 5.52. The Labute approximate surface area is 124 Å².